The Morgan fingerprint density at radius 1 is 1.38 bits per heavy atom. The summed E-state index contributed by atoms with van der Waals surface area (Å²) in [4.78, 5) is 2.11. The average Bonchev–Trinajstić information content (AvgIpc) is 2.26. The van der Waals surface area contributed by atoms with E-state index in [1.807, 2.05) is 6.07 Å². The molecule has 1 nitrogen and oxygen atoms in total. The van der Waals surface area contributed by atoms with Gasteiger partial charge in [-0.1, -0.05) is 15.9 Å². The van der Waals surface area contributed by atoms with E-state index < -0.39 is 0 Å². The van der Waals surface area contributed by atoms with Crippen molar-refractivity contribution in [3.05, 3.63) is 33.5 Å². The molecule has 0 bridgehead atoms. The second-order valence-electron chi connectivity index (χ2n) is 4.09. The van der Waals surface area contributed by atoms with Crippen LogP contribution < -0.4 is 0 Å². The molecule has 4 heteroatoms. The molecule has 16 heavy (non-hydrogen) atoms. The lowest BCUT2D eigenvalue weighted by atomic mass is 9.99. The summed E-state index contributed by atoms with van der Waals surface area (Å²) >= 11 is 3.30. The first kappa shape index (κ1) is 12.0. The number of hydrogen-bond donors (Lipinski definition) is 0. The van der Waals surface area contributed by atoms with Crippen molar-refractivity contribution < 1.29 is 8.78 Å². The number of fused-ring (bicyclic) bond motifs is 1. The van der Waals surface area contributed by atoms with Gasteiger partial charge in [0.05, 0.1) is 6.67 Å². The lowest BCUT2D eigenvalue weighted by Crippen LogP contribution is -2.32. The molecule has 0 aliphatic carbocycles. The van der Waals surface area contributed by atoms with Gasteiger partial charge in [-0.3, -0.25) is 9.29 Å². The molecule has 1 aromatic rings. The number of alkyl halides is 1. The third-order valence-electron chi connectivity index (χ3n) is 2.94. The molecule has 1 aliphatic heterocycles. The van der Waals surface area contributed by atoms with E-state index in [2.05, 4.69) is 20.8 Å². The summed E-state index contributed by atoms with van der Waals surface area (Å²) in [5.74, 6) is -0.158. The van der Waals surface area contributed by atoms with Crippen molar-refractivity contribution in [2.75, 3.05) is 19.8 Å². The predicted molar refractivity (Wildman–Crippen MR) is 63.7 cm³/mol. The molecule has 1 aliphatic rings. The van der Waals surface area contributed by atoms with Crippen LogP contribution in [0.2, 0.25) is 0 Å². The number of hydrogen-bond acceptors (Lipinski definition) is 1. The number of benzene rings is 1. The van der Waals surface area contributed by atoms with Gasteiger partial charge in [-0.05, 0) is 30.5 Å². The smallest absolute Gasteiger partial charge is 0.129 e. The van der Waals surface area contributed by atoms with Crippen LogP contribution in [0.5, 0.6) is 0 Å². The Hall–Kier alpha value is -0.480. The molecule has 0 fully saturated rings. The first-order chi connectivity index (χ1) is 7.70. The van der Waals surface area contributed by atoms with Gasteiger partial charge in [0.2, 0.25) is 0 Å². The van der Waals surface area contributed by atoms with Gasteiger partial charge < -0.3 is 0 Å². The van der Waals surface area contributed by atoms with Crippen molar-refractivity contribution in [1.29, 1.82) is 0 Å². The van der Waals surface area contributed by atoms with Crippen LogP contribution in [0.1, 0.15) is 17.5 Å². The SMILES string of the molecule is FCCCN1CCc2cc(Br)cc(F)c2C1. The molecule has 0 unspecified atom stereocenters. The summed E-state index contributed by atoms with van der Waals surface area (Å²) in [7, 11) is 0. The highest BCUT2D eigenvalue weighted by Gasteiger charge is 2.19. The molecule has 1 heterocycles. The zero-order valence-corrected chi connectivity index (χ0v) is 10.6. The molecule has 88 valence electrons. The highest BCUT2D eigenvalue weighted by Crippen LogP contribution is 2.25. The Morgan fingerprint density at radius 3 is 2.94 bits per heavy atom. The van der Waals surface area contributed by atoms with Gasteiger partial charge in [-0.2, -0.15) is 0 Å². The van der Waals surface area contributed by atoms with Crippen LogP contribution in [-0.4, -0.2) is 24.7 Å². The normalized spacial score (nSPS) is 16.2. The van der Waals surface area contributed by atoms with Gasteiger partial charge in [0, 0.05) is 29.7 Å². The molecule has 0 radical (unpaired) electrons. The summed E-state index contributed by atoms with van der Waals surface area (Å²) in [5.41, 5.74) is 1.84. The number of nitrogens with zero attached hydrogens (tertiary/aromatic N) is 1. The third-order valence-corrected chi connectivity index (χ3v) is 3.40. The van der Waals surface area contributed by atoms with Gasteiger partial charge in [-0.25, -0.2) is 4.39 Å². The molecule has 1 aromatic carbocycles. The van der Waals surface area contributed by atoms with Crippen LogP contribution in [0.15, 0.2) is 16.6 Å². The van der Waals surface area contributed by atoms with Crippen LogP contribution in [0.4, 0.5) is 8.78 Å². The molecular formula is C12H14BrF2N. The van der Waals surface area contributed by atoms with Crippen molar-refractivity contribution in [3.8, 4) is 0 Å². The zero-order chi connectivity index (χ0) is 11.5. The van der Waals surface area contributed by atoms with Crippen molar-refractivity contribution in [2.45, 2.75) is 19.4 Å². The summed E-state index contributed by atoms with van der Waals surface area (Å²) < 4.78 is 26.6. The lowest BCUT2D eigenvalue weighted by molar-refractivity contribution is 0.237. The number of halogens is 3. The van der Waals surface area contributed by atoms with E-state index in [0.29, 0.717) is 19.5 Å². The lowest BCUT2D eigenvalue weighted by Gasteiger charge is -2.28. The molecule has 0 saturated carbocycles. The fraction of sp³-hybridized carbons (Fsp3) is 0.500. The van der Waals surface area contributed by atoms with Crippen LogP contribution in [0.3, 0.4) is 0 Å². The average molecular weight is 290 g/mol. The fourth-order valence-corrected chi connectivity index (χ4v) is 2.59. The summed E-state index contributed by atoms with van der Waals surface area (Å²) in [5, 5.41) is 0. The van der Waals surface area contributed by atoms with E-state index in [1.54, 1.807) is 0 Å². The van der Waals surface area contributed by atoms with E-state index in [4.69, 9.17) is 0 Å². The monoisotopic (exact) mass is 289 g/mol. The molecular weight excluding hydrogens is 276 g/mol. The Labute approximate surface area is 103 Å². The summed E-state index contributed by atoms with van der Waals surface area (Å²) in [6, 6.07) is 3.47. The molecule has 0 spiro atoms. The van der Waals surface area contributed by atoms with Gasteiger partial charge in [0.1, 0.15) is 5.82 Å². The number of rotatable bonds is 3. The Kier molecular flexibility index (Phi) is 3.92. The van der Waals surface area contributed by atoms with Gasteiger partial charge >= 0.3 is 0 Å². The highest BCUT2D eigenvalue weighted by molar-refractivity contribution is 9.10. The molecule has 0 aromatic heterocycles. The molecule has 0 N–H and O–H groups in total. The fourth-order valence-electron chi connectivity index (χ4n) is 2.11. The maximum absolute atomic E-state index is 13.7. The van der Waals surface area contributed by atoms with E-state index in [0.717, 1.165) is 28.6 Å². The van der Waals surface area contributed by atoms with E-state index in [9.17, 15) is 8.78 Å². The van der Waals surface area contributed by atoms with E-state index >= 15 is 0 Å². The van der Waals surface area contributed by atoms with Crippen molar-refractivity contribution in [3.63, 3.8) is 0 Å². The van der Waals surface area contributed by atoms with Crippen molar-refractivity contribution >= 4 is 15.9 Å². The topological polar surface area (TPSA) is 3.24 Å². The quantitative estimate of drug-likeness (QED) is 0.825. The van der Waals surface area contributed by atoms with Gasteiger partial charge in [0.15, 0.2) is 0 Å². The molecule has 0 saturated heterocycles. The third kappa shape index (κ3) is 2.61. The molecule has 2 rings (SSSR count). The Balaban J connectivity index is 2.14. The second kappa shape index (κ2) is 5.23. The van der Waals surface area contributed by atoms with Gasteiger partial charge in [-0.15, -0.1) is 0 Å². The van der Waals surface area contributed by atoms with Crippen molar-refractivity contribution in [1.82, 2.24) is 4.90 Å². The Morgan fingerprint density at radius 2 is 2.19 bits per heavy atom. The maximum Gasteiger partial charge on any atom is 0.129 e. The summed E-state index contributed by atoms with van der Waals surface area (Å²) in [6.07, 6.45) is 1.38. The van der Waals surface area contributed by atoms with E-state index in [1.165, 1.54) is 6.07 Å². The first-order valence-corrected chi connectivity index (χ1v) is 6.25. The maximum atomic E-state index is 13.7. The van der Waals surface area contributed by atoms with Gasteiger partial charge in [0.25, 0.3) is 0 Å². The largest absolute Gasteiger partial charge is 0.299 e. The predicted octanol–water partition coefficient (Wildman–Crippen LogP) is 3.31. The molecule has 0 atom stereocenters. The highest BCUT2D eigenvalue weighted by atomic mass is 79.9. The Bertz CT molecular complexity index is 382. The van der Waals surface area contributed by atoms with Crippen LogP contribution in [-0.2, 0) is 13.0 Å². The summed E-state index contributed by atoms with van der Waals surface area (Å²) in [6.45, 7) is 1.91. The standard InChI is InChI=1S/C12H14BrF2N/c13-10-6-9-2-5-16(4-1-3-14)8-11(9)12(15)7-10/h6-7H,1-5,8H2. The second-order valence-corrected chi connectivity index (χ2v) is 5.01. The van der Waals surface area contributed by atoms with Crippen LogP contribution in [0.25, 0.3) is 0 Å². The minimum absolute atomic E-state index is 0.158. The minimum atomic E-state index is -0.299. The first-order valence-electron chi connectivity index (χ1n) is 5.46. The van der Waals surface area contributed by atoms with E-state index in [-0.39, 0.29) is 12.5 Å². The zero-order valence-electron chi connectivity index (χ0n) is 8.98. The molecule has 0 amide bonds. The van der Waals surface area contributed by atoms with Crippen molar-refractivity contribution in [2.24, 2.45) is 0 Å². The van der Waals surface area contributed by atoms with Crippen LogP contribution >= 0.6 is 15.9 Å². The minimum Gasteiger partial charge on any atom is -0.299 e. The van der Waals surface area contributed by atoms with Crippen LogP contribution in [0, 0.1) is 5.82 Å².